The van der Waals surface area contributed by atoms with Crippen molar-refractivity contribution >= 4 is 12.2 Å². The van der Waals surface area contributed by atoms with Crippen LogP contribution in [0.3, 0.4) is 0 Å². The van der Waals surface area contributed by atoms with Crippen molar-refractivity contribution in [3.05, 3.63) is 46.5 Å². The number of para-hydroxylation sites is 1. The van der Waals surface area contributed by atoms with Gasteiger partial charge in [0.2, 0.25) is 0 Å². The first kappa shape index (κ1) is 10.1. The SMILES string of the molecule is CCc1cc(=S)n(-c2ccccc2F)[nH]1. The zero-order chi connectivity index (χ0) is 10.8. The van der Waals surface area contributed by atoms with Gasteiger partial charge in [0.05, 0.1) is 5.69 Å². The van der Waals surface area contributed by atoms with Gasteiger partial charge in [0.25, 0.3) is 0 Å². The Hall–Kier alpha value is -1.42. The highest BCUT2D eigenvalue weighted by Gasteiger charge is 2.05. The van der Waals surface area contributed by atoms with E-state index >= 15 is 0 Å². The third-order valence-electron chi connectivity index (χ3n) is 2.25. The maximum Gasteiger partial charge on any atom is 0.148 e. The van der Waals surface area contributed by atoms with Gasteiger partial charge < -0.3 is 0 Å². The quantitative estimate of drug-likeness (QED) is 0.774. The molecule has 1 aromatic heterocycles. The molecule has 1 heterocycles. The van der Waals surface area contributed by atoms with E-state index in [2.05, 4.69) is 5.10 Å². The van der Waals surface area contributed by atoms with Crippen molar-refractivity contribution in [2.24, 2.45) is 0 Å². The second-order valence-corrected chi connectivity index (χ2v) is 3.68. The van der Waals surface area contributed by atoms with Crippen LogP contribution in [0.4, 0.5) is 4.39 Å². The summed E-state index contributed by atoms with van der Waals surface area (Å²) in [5.74, 6) is -0.280. The molecule has 15 heavy (non-hydrogen) atoms. The third-order valence-corrected chi connectivity index (χ3v) is 2.55. The normalized spacial score (nSPS) is 10.5. The Kier molecular flexibility index (Phi) is 2.68. The summed E-state index contributed by atoms with van der Waals surface area (Å²) in [4.78, 5) is 0. The molecule has 4 heteroatoms. The van der Waals surface area contributed by atoms with Crippen molar-refractivity contribution in [1.82, 2.24) is 9.78 Å². The van der Waals surface area contributed by atoms with E-state index in [0.29, 0.717) is 10.3 Å². The van der Waals surface area contributed by atoms with Crippen LogP contribution >= 0.6 is 12.2 Å². The average Bonchev–Trinajstić information content (AvgIpc) is 2.60. The lowest BCUT2D eigenvalue weighted by Gasteiger charge is -2.03. The summed E-state index contributed by atoms with van der Waals surface area (Å²) >= 11 is 5.15. The molecule has 0 bridgehead atoms. The first-order valence-electron chi connectivity index (χ1n) is 4.78. The minimum Gasteiger partial charge on any atom is -0.297 e. The van der Waals surface area contributed by atoms with E-state index in [4.69, 9.17) is 12.2 Å². The zero-order valence-corrected chi connectivity index (χ0v) is 9.14. The molecule has 2 rings (SSSR count). The summed E-state index contributed by atoms with van der Waals surface area (Å²) in [6.45, 7) is 2.02. The van der Waals surface area contributed by atoms with Gasteiger partial charge in [-0.05, 0) is 24.6 Å². The van der Waals surface area contributed by atoms with E-state index in [9.17, 15) is 4.39 Å². The van der Waals surface area contributed by atoms with Crippen molar-refractivity contribution in [2.45, 2.75) is 13.3 Å². The molecule has 78 valence electrons. The Morgan fingerprint density at radius 1 is 1.40 bits per heavy atom. The van der Waals surface area contributed by atoms with Crippen LogP contribution in [0.1, 0.15) is 12.6 Å². The molecule has 0 unspecified atom stereocenters. The number of H-pyrrole nitrogens is 1. The molecule has 0 aliphatic heterocycles. The second-order valence-electron chi connectivity index (χ2n) is 3.26. The van der Waals surface area contributed by atoms with Gasteiger partial charge in [-0.2, -0.15) is 0 Å². The van der Waals surface area contributed by atoms with Crippen molar-refractivity contribution in [2.75, 3.05) is 0 Å². The molecule has 0 saturated carbocycles. The second kappa shape index (κ2) is 3.98. The Labute approximate surface area is 92.3 Å². The summed E-state index contributed by atoms with van der Waals surface area (Å²) in [7, 11) is 0. The van der Waals surface area contributed by atoms with Crippen LogP contribution in [0, 0.1) is 10.5 Å². The predicted octanol–water partition coefficient (Wildman–Crippen LogP) is 3.24. The van der Waals surface area contributed by atoms with Crippen LogP contribution < -0.4 is 0 Å². The zero-order valence-electron chi connectivity index (χ0n) is 8.33. The fourth-order valence-corrected chi connectivity index (χ4v) is 1.72. The third kappa shape index (κ3) is 1.85. The van der Waals surface area contributed by atoms with Gasteiger partial charge in [0.1, 0.15) is 10.5 Å². The molecule has 0 spiro atoms. The summed E-state index contributed by atoms with van der Waals surface area (Å²) in [5, 5.41) is 3.06. The Morgan fingerprint density at radius 3 is 2.73 bits per heavy atom. The molecule has 0 atom stereocenters. The van der Waals surface area contributed by atoms with Crippen LogP contribution in [-0.4, -0.2) is 9.78 Å². The standard InChI is InChI=1S/C11H11FN2S/c1-2-8-7-11(15)14(13-8)10-6-4-3-5-9(10)12/h3-7,13H,2H2,1H3. The van der Waals surface area contributed by atoms with Crippen LogP contribution in [-0.2, 0) is 6.42 Å². The number of nitrogens with one attached hydrogen (secondary N) is 1. The van der Waals surface area contributed by atoms with E-state index in [0.717, 1.165) is 12.1 Å². The van der Waals surface area contributed by atoms with Crippen molar-refractivity contribution in [3.63, 3.8) is 0 Å². The maximum absolute atomic E-state index is 13.5. The number of benzene rings is 1. The highest BCUT2D eigenvalue weighted by Crippen LogP contribution is 2.13. The number of aromatic nitrogens is 2. The van der Waals surface area contributed by atoms with E-state index in [1.807, 2.05) is 13.0 Å². The lowest BCUT2D eigenvalue weighted by Crippen LogP contribution is -1.99. The van der Waals surface area contributed by atoms with Gasteiger partial charge in [-0.1, -0.05) is 31.3 Å². The van der Waals surface area contributed by atoms with Gasteiger partial charge in [-0.15, -0.1) is 0 Å². The van der Waals surface area contributed by atoms with E-state index in [-0.39, 0.29) is 5.82 Å². The summed E-state index contributed by atoms with van der Waals surface area (Å²) in [6.07, 6.45) is 0.852. The lowest BCUT2D eigenvalue weighted by molar-refractivity contribution is 0.609. The number of hydrogen-bond acceptors (Lipinski definition) is 1. The lowest BCUT2D eigenvalue weighted by atomic mass is 10.3. The van der Waals surface area contributed by atoms with Gasteiger partial charge >= 0.3 is 0 Å². The first-order valence-corrected chi connectivity index (χ1v) is 5.19. The Morgan fingerprint density at radius 2 is 2.13 bits per heavy atom. The molecule has 1 N–H and O–H groups in total. The molecular formula is C11H11FN2S. The minimum absolute atomic E-state index is 0.280. The molecule has 0 fully saturated rings. The highest BCUT2D eigenvalue weighted by molar-refractivity contribution is 7.71. The van der Waals surface area contributed by atoms with Crippen molar-refractivity contribution in [1.29, 1.82) is 0 Å². The molecule has 0 amide bonds. The molecule has 1 aromatic carbocycles. The number of rotatable bonds is 2. The van der Waals surface area contributed by atoms with Gasteiger partial charge in [0.15, 0.2) is 0 Å². The topological polar surface area (TPSA) is 20.7 Å². The first-order chi connectivity index (χ1) is 7.22. The summed E-state index contributed by atoms with van der Waals surface area (Å²) < 4.78 is 15.7. The van der Waals surface area contributed by atoms with E-state index < -0.39 is 0 Å². The average molecular weight is 222 g/mol. The van der Waals surface area contributed by atoms with E-state index in [1.165, 1.54) is 6.07 Å². The maximum atomic E-state index is 13.5. The summed E-state index contributed by atoms with van der Waals surface area (Å²) in [6, 6.07) is 8.41. The number of hydrogen-bond donors (Lipinski definition) is 1. The Balaban J connectivity index is 2.59. The van der Waals surface area contributed by atoms with Gasteiger partial charge in [-0.25, -0.2) is 9.07 Å². The minimum atomic E-state index is -0.280. The van der Waals surface area contributed by atoms with Crippen molar-refractivity contribution < 1.29 is 4.39 Å². The molecule has 0 radical (unpaired) electrons. The van der Waals surface area contributed by atoms with Crippen LogP contribution in [0.25, 0.3) is 5.69 Å². The molecule has 0 aliphatic rings. The predicted molar refractivity (Wildman–Crippen MR) is 60.3 cm³/mol. The van der Waals surface area contributed by atoms with Crippen LogP contribution in [0.2, 0.25) is 0 Å². The monoisotopic (exact) mass is 222 g/mol. The number of aryl methyl sites for hydroxylation is 1. The Bertz CT molecular complexity index is 527. The molecule has 2 aromatic rings. The molecular weight excluding hydrogens is 211 g/mol. The number of nitrogens with zero attached hydrogens (tertiary/aromatic N) is 1. The fourth-order valence-electron chi connectivity index (χ4n) is 1.44. The van der Waals surface area contributed by atoms with Crippen molar-refractivity contribution in [3.8, 4) is 5.69 Å². The van der Waals surface area contributed by atoms with Crippen LogP contribution in [0.15, 0.2) is 30.3 Å². The largest absolute Gasteiger partial charge is 0.297 e. The summed E-state index contributed by atoms with van der Waals surface area (Å²) in [5.41, 5.74) is 1.46. The van der Waals surface area contributed by atoms with Crippen LogP contribution in [0.5, 0.6) is 0 Å². The molecule has 2 nitrogen and oxygen atoms in total. The smallest absolute Gasteiger partial charge is 0.148 e. The molecule has 0 saturated heterocycles. The molecule has 0 aliphatic carbocycles. The van der Waals surface area contributed by atoms with E-state index in [1.54, 1.807) is 22.9 Å². The number of aromatic amines is 1. The number of halogens is 1. The fraction of sp³-hybridized carbons (Fsp3) is 0.182. The highest BCUT2D eigenvalue weighted by atomic mass is 32.1. The van der Waals surface area contributed by atoms with Gasteiger partial charge in [0, 0.05) is 5.69 Å². The van der Waals surface area contributed by atoms with Gasteiger partial charge in [-0.3, -0.25) is 5.10 Å².